The molecule has 0 bridgehead atoms. The summed E-state index contributed by atoms with van der Waals surface area (Å²) in [6.07, 6.45) is -4.43. The molecule has 0 aliphatic carbocycles. The normalized spacial score (nSPS) is 20.6. The SMILES string of the molecule is CN1CC(=O)N(c2cccc(F)c2)CC12CCN(C(=O)c1ccccc1F)C2.O=C(O)C(F)(F)F. The van der Waals surface area contributed by atoms with Crippen LogP contribution in [0.5, 0.6) is 0 Å². The van der Waals surface area contributed by atoms with E-state index >= 15 is 0 Å². The zero-order valence-corrected chi connectivity index (χ0v) is 18.6. The number of likely N-dealkylation sites (N-methyl/N-ethyl adjacent to an activating group) is 1. The fourth-order valence-corrected chi connectivity index (χ4v) is 4.11. The number of benzene rings is 2. The predicted octanol–water partition coefficient (Wildman–Crippen LogP) is 3.16. The minimum absolute atomic E-state index is 0.0519. The van der Waals surface area contributed by atoms with Gasteiger partial charge in [-0.25, -0.2) is 13.6 Å². The fourth-order valence-electron chi connectivity index (χ4n) is 4.11. The molecular weight excluding hydrogens is 477 g/mol. The summed E-state index contributed by atoms with van der Waals surface area (Å²) in [5, 5.41) is 7.12. The third-order valence-electron chi connectivity index (χ3n) is 6.02. The summed E-state index contributed by atoms with van der Waals surface area (Å²) in [5.74, 6) is -4.16. The van der Waals surface area contributed by atoms with Crippen molar-refractivity contribution in [3.63, 3.8) is 0 Å². The van der Waals surface area contributed by atoms with Crippen LogP contribution in [0.25, 0.3) is 0 Å². The molecule has 2 aromatic rings. The number of carbonyl (C=O) groups excluding carboxylic acids is 2. The van der Waals surface area contributed by atoms with E-state index in [4.69, 9.17) is 9.90 Å². The van der Waals surface area contributed by atoms with Crippen LogP contribution in [0, 0.1) is 11.6 Å². The summed E-state index contributed by atoms with van der Waals surface area (Å²) in [5.41, 5.74) is 0.119. The van der Waals surface area contributed by atoms with Gasteiger partial charge in [-0.05, 0) is 43.8 Å². The molecular formula is C23H22F5N3O4. The molecule has 2 aliphatic rings. The van der Waals surface area contributed by atoms with Crippen LogP contribution in [0.1, 0.15) is 16.8 Å². The van der Waals surface area contributed by atoms with Crippen LogP contribution in [-0.4, -0.2) is 77.6 Å². The van der Waals surface area contributed by atoms with Gasteiger partial charge in [0.05, 0.1) is 17.6 Å². The zero-order chi connectivity index (χ0) is 26.0. The van der Waals surface area contributed by atoms with E-state index in [2.05, 4.69) is 0 Å². The maximum Gasteiger partial charge on any atom is 0.490 e. The van der Waals surface area contributed by atoms with Crippen LogP contribution in [-0.2, 0) is 9.59 Å². The van der Waals surface area contributed by atoms with Gasteiger partial charge < -0.3 is 14.9 Å². The minimum atomic E-state index is -5.08. The summed E-state index contributed by atoms with van der Waals surface area (Å²) < 4.78 is 59.4. The zero-order valence-electron chi connectivity index (χ0n) is 18.6. The monoisotopic (exact) mass is 499 g/mol. The van der Waals surface area contributed by atoms with Crippen molar-refractivity contribution in [2.24, 2.45) is 0 Å². The van der Waals surface area contributed by atoms with Crippen LogP contribution in [0.4, 0.5) is 27.6 Å². The van der Waals surface area contributed by atoms with E-state index in [0.717, 1.165) is 0 Å². The lowest BCUT2D eigenvalue weighted by Crippen LogP contribution is -2.64. The van der Waals surface area contributed by atoms with Gasteiger partial charge in [0, 0.05) is 25.3 Å². The average Bonchev–Trinajstić information content (AvgIpc) is 3.21. The van der Waals surface area contributed by atoms with Gasteiger partial charge in [0.25, 0.3) is 5.91 Å². The van der Waals surface area contributed by atoms with Crippen molar-refractivity contribution in [1.29, 1.82) is 0 Å². The molecule has 0 saturated carbocycles. The average molecular weight is 499 g/mol. The van der Waals surface area contributed by atoms with Crippen LogP contribution in [0.3, 0.4) is 0 Å². The highest BCUT2D eigenvalue weighted by atomic mass is 19.4. The van der Waals surface area contributed by atoms with Crippen molar-refractivity contribution in [2.75, 3.05) is 38.1 Å². The van der Waals surface area contributed by atoms with Gasteiger partial charge in [-0.3, -0.25) is 14.5 Å². The number of piperazine rings is 1. The molecule has 2 fully saturated rings. The number of hydrogen-bond donors (Lipinski definition) is 1. The molecule has 4 rings (SSSR count). The lowest BCUT2D eigenvalue weighted by Gasteiger charge is -2.46. The Morgan fingerprint density at radius 2 is 1.69 bits per heavy atom. The van der Waals surface area contributed by atoms with Crippen molar-refractivity contribution in [2.45, 2.75) is 18.1 Å². The van der Waals surface area contributed by atoms with Crippen molar-refractivity contribution in [3.05, 3.63) is 65.7 Å². The number of amides is 2. The number of hydrogen-bond acceptors (Lipinski definition) is 4. The van der Waals surface area contributed by atoms with Gasteiger partial charge in [0.1, 0.15) is 11.6 Å². The second-order valence-corrected chi connectivity index (χ2v) is 8.30. The Morgan fingerprint density at radius 1 is 1.03 bits per heavy atom. The number of halogens is 5. The smallest absolute Gasteiger partial charge is 0.475 e. The Morgan fingerprint density at radius 3 is 2.29 bits per heavy atom. The van der Waals surface area contributed by atoms with Gasteiger partial charge in [0.15, 0.2) is 0 Å². The first-order chi connectivity index (χ1) is 16.3. The van der Waals surface area contributed by atoms with E-state index in [1.54, 1.807) is 34.1 Å². The summed E-state index contributed by atoms with van der Waals surface area (Å²) in [6, 6.07) is 11.9. The summed E-state index contributed by atoms with van der Waals surface area (Å²) >= 11 is 0. The first kappa shape index (κ1) is 26.1. The largest absolute Gasteiger partial charge is 0.490 e. The lowest BCUT2D eigenvalue weighted by molar-refractivity contribution is -0.192. The van der Waals surface area contributed by atoms with Crippen molar-refractivity contribution in [1.82, 2.24) is 9.80 Å². The van der Waals surface area contributed by atoms with Crippen LogP contribution in [0.15, 0.2) is 48.5 Å². The van der Waals surface area contributed by atoms with E-state index < -0.39 is 29.3 Å². The molecule has 1 unspecified atom stereocenters. The molecule has 2 amide bonds. The molecule has 2 aliphatic heterocycles. The van der Waals surface area contributed by atoms with Crippen LogP contribution < -0.4 is 4.90 Å². The number of likely N-dealkylation sites (tertiary alicyclic amines) is 1. The number of alkyl halides is 3. The Kier molecular flexibility index (Phi) is 7.44. The standard InChI is InChI=1S/C21H21F2N3O2.C2HF3O2/c1-24-12-19(27)26(16-6-4-5-15(22)11-16)14-21(24)9-10-25(13-21)20(28)17-7-2-3-8-18(17)23;3-2(4,5)1(6)7/h2-8,11H,9-10,12-14H2,1H3;(H,6,7). The van der Waals surface area contributed by atoms with Gasteiger partial charge >= 0.3 is 12.1 Å². The number of anilines is 1. The number of aliphatic carboxylic acids is 1. The number of carboxylic acids is 1. The van der Waals surface area contributed by atoms with E-state index in [9.17, 15) is 31.5 Å². The van der Waals surface area contributed by atoms with Crippen LogP contribution >= 0.6 is 0 Å². The first-order valence-electron chi connectivity index (χ1n) is 10.5. The molecule has 35 heavy (non-hydrogen) atoms. The third-order valence-corrected chi connectivity index (χ3v) is 6.02. The Balaban J connectivity index is 0.000000429. The molecule has 1 N–H and O–H groups in total. The lowest BCUT2D eigenvalue weighted by atomic mass is 9.92. The molecule has 2 heterocycles. The molecule has 2 saturated heterocycles. The molecule has 1 atom stereocenters. The Labute approximate surface area is 197 Å². The summed E-state index contributed by atoms with van der Waals surface area (Å²) in [6.45, 7) is 1.39. The van der Waals surface area contributed by atoms with Gasteiger partial charge in [-0.2, -0.15) is 13.2 Å². The number of nitrogens with zero attached hydrogens (tertiary/aromatic N) is 3. The van der Waals surface area contributed by atoms with Gasteiger partial charge in [-0.15, -0.1) is 0 Å². The number of carboxylic acid groups (broad SMARTS) is 1. The van der Waals surface area contributed by atoms with Gasteiger partial charge in [-0.1, -0.05) is 18.2 Å². The molecule has 0 radical (unpaired) electrons. The Hall–Kier alpha value is -3.54. The highest BCUT2D eigenvalue weighted by Gasteiger charge is 2.49. The maximum absolute atomic E-state index is 14.0. The van der Waals surface area contributed by atoms with E-state index in [0.29, 0.717) is 31.7 Å². The second kappa shape index (κ2) is 9.98. The highest BCUT2D eigenvalue weighted by molar-refractivity contribution is 5.97. The summed E-state index contributed by atoms with van der Waals surface area (Å²) in [7, 11) is 1.86. The molecule has 12 heteroatoms. The molecule has 0 aromatic heterocycles. The molecule has 188 valence electrons. The van der Waals surface area contributed by atoms with Crippen molar-refractivity contribution < 1.29 is 41.4 Å². The van der Waals surface area contributed by atoms with Crippen LogP contribution in [0.2, 0.25) is 0 Å². The predicted molar refractivity (Wildman–Crippen MR) is 115 cm³/mol. The van der Waals surface area contributed by atoms with E-state index in [1.165, 1.54) is 24.3 Å². The quantitative estimate of drug-likeness (QED) is 0.643. The first-order valence-corrected chi connectivity index (χ1v) is 10.5. The van der Waals surface area contributed by atoms with E-state index in [1.807, 2.05) is 11.9 Å². The molecule has 7 nitrogen and oxygen atoms in total. The second-order valence-electron chi connectivity index (χ2n) is 8.30. The fraction of sp³-hybridized carbons (Fsp3) is 0.348. The third kappa shape index (κ3) is 5.76. The number of rotatable bonds is 2. The topological polar surface area (TPSA) is 81.2 Å². The number of carbonyl (C=O) groups is 3. The highest BCUT2D eigenvalue weighted by Crippen LogP contribution is 2.34. The van der Waals surface area contributed by atoms with Crippen molar-refractivity contribution in [3.8, 4) is 0 Å². The van der Waals surface area contributed by atoms with E-state index in [-0.39, 0.29) is 23.9 Å². The maximum atomic E-state index is 14.0. The Bertz CT molecular complexity index is 1130. The molecule has 1 spiro atoms. The van der Waals surface area contributed by atoms with Gasteiger partial charge in [0.2, 0.25) is 5.91 Å². The minimum Gasteiger partial charge on any atom is -0.475 e. The summed E-state index contributed by atoms with van der Waals surface area (Å²) in [4.78, 5) is 39.4. The molecule has 2 aromatic carbocycles. The van der Waals surface area contributed by atoms with Crippen molar-refractivity contribution >= 4 is 23.5 Å².